The summed E-state index contributed by atoms with van der Waals surface area (Å²) in [6.07, 6.45) is 7.93. The lowest BCUT2D eigenvalue weighted by molar-refractivity contribution is 0.717. The summed E-state index contributed by atoms with van der Waals surface area (Å²) in [7, 11) is 0. The number of unbranched alkanes of at least 4 members (excludes halogenated alkanes) is 2. The molecular weight excluding hydrogens is 393 g/mol. The summed E-state index contributed by atoms with van der Waals surface area (Å²) in [5, 5.41) is 7.56. The van der Waals surface area contributed by atoms with E-state index in [1.54, 1.807) is 6.07 Å². The van der Waals surface area contributed by atoms with Crippen LogP contribution in [0.1, 0.15) is 37.3 Å². The maximum absolute atomic E-state index is 6.15. The number of hydrogen-bond acceptors (Lipinski definition) is 2. The Kier molecular flexibility index (Phi) is 7.38. The van der Waals surface area contributed by atoms with Gasteiger partial charge in [-0.1, -0.05) is 78.8 Å². The predicted octanol–water partition coefficient (Wildman–Crippen LogP) is 4.78. The molecule has 4 N–H and O–H groups in total. The number of alkyl halides is 3. The lowest BCUT2D eigenvalue weighted by atomic mass is 10.0. The number of halogens is 3. The van der Waals surface area contributed by atoms with Crippen molar-refractivity contribution in [3.05, 3.63) is 47.7 Å². The molecule has 0 aliphatic rings. The van der Waals surface area contributed by atoms with E-state index in [1.807, 2.05) is 29.0 Å². The Morgan fingerprint density at radius 1 is 1.19 bits per heavy atom. The van der Waals surface area contributed by atoms with Crippen LogP contribution in [0.3, 0.4) is 0 Å². The van der Waals surface area contributed by atoms with E-state index in [-0.39, 0.29) is 5.96 Å². The van der Waals surface area contributed by atoms with Gasteiger partial charge in [-0.15, -0.1) is 10.2 Å². The smallest absolute Gasteiger partial charge is 0.216 e. The van der Waals surface area contributed by atoms with Crippen LogP contribution in [-0.4, -0.2) is 16.9 Å². The van der Waals surface area contributed by atoms with Crippen molar-refractivity contribution in [2.75, 3.05) is 0 Å². The number of nitrogens with two attached hydrogens (primary N) is 2. The summed E-state index contributed by atoms with van der Waals surface area (Å²) in [6.45, 7) is 2.18. The first-order valence-electron chi connectivity index (χ1n) is 8.32. The Bertz CT molecular complexity index is 786. The van der Waals surface area contributed by atoms with Gasteiger partial charge in [-0.2, -0.15) is 0 Å². The SMILES string of the molecule is CCCCCc1cc(-c2ccccc2C(Cl)(Cl)Cl)n(C=NN=C(N)N)c1. The van der Waals surface area contributed by atoms with Gasteiger partial charge in [0.15, 0.2) is 0 Å². The second-order valence-corrected chi connectivity index (χ2v) is 8.18. The van der Waals surface area contributed by atoms with Crippen molar-refractivity contribution in [1.82, 2.24) is 4.57 Å². The number of aromatic nitrogens is 1. The molecule has 1 aromatic carbocycles. The molecule has 0 fully saturated rings. The maximum Gasteiger partial charge on any atom is 0.216 e. The summed E-state index contributed by atoms with van der Waals surface area (Å²) in [5.74, 6) is -0.111. The topological polar surface area (TPSA) is 81.7 Å². The molecule has 0 aliphatic heterocycles. The molecule has 0 unspecified atom stereocenters. The van der Waals surface area contributed by atoms with Crippen LogP contribution in [0.2, 0.25) is 0 Å². The van der Waals surface area contributed by atoms with Crippen LogP contribution in [0.15, 0.2) is 46.7 Å². The van der Waals surface area contributed by atoms with E-state index in [9.17, 15) is 0 Å². The van der Waals surface area contributed by atoms with Crippen LogP contribution in [0.4, 0.5) is 0 Å². The molecule has 5 nitrogen and oxygen atoms in total. The van der Waals surface area contributed by atoms with E-state index in [2.05, 4.69) is 23.2 Å². The summed E-state index contributed by atoms with van der Waals surface area (Å²) < 4.78 is 0.300. The summed E-state index contributed by atoms with van der Waals surface area (Å²) in [5.41, 5.74) is 14.1. The molecule has 0 spiro atoms. The van der Waals surface area contributed by atoms with Gasteiger partial charge in [0.1, 0.15) is 6.34 Å². The zero-order valence-electron chi connectivity index (χ0n) is 14.5. The molecule has 0 atom stereocenters. The molecule has 8 heteroatoms. The highest BCUT2D eigenvalue weighted by Crippen LogP contribution is 2.43. The van der Waals surface area contributed by atoms with Crippen molar-refractivity contribution < 1.29 is 0 Å². The molecule has 0 saturated heterocycles. The maximum atomic E-state index is 6.15. The zero-order valence-corrected chi connectivity index (χ0v) is 16.8. The molecule has 0 amide bonds. The van der Waals surface area contributed by atoms with Crippen LogP contribution in [-0.2, 0) is 10.2 Å². The second kappa shape index (κ2) is 9.31. The first-order chi connectivity index (χ1) is 12.3. The van der Waals surface area contributed by atoms with Gasteiger partial charge in [-0.25, -0.2) is 0 Å². The highest BCUT2D eigenvalue weighted by atomic mass is 35.6. The standard InChI is InChI=1S/C18H22Cl3N5/c1-2-3-4-7-13-10-16(26(11-13)12-24-25-17(22)23)14-8-5-6-9-15(14)18(19,20)21/h5-6,8-12H,2-4,7H2,1H3,(H4,22,23,25). The number of guanidine groups is 1. The Labute approximate surface area is 168 Å². The van der Waals surface area contributed by atoms with Crippen molar-refractivity contribution in [3.63, 3.8) is 0 Å². The first kappa shape index (κ1) is 20.6. The molecule has 1 heterocycles. The minimum Gasteiger partial charge on any atom is -0.369 e. The third kappa shape index (κ3) is 5.66. The monoisotopic (exact) mass is 413 g/mol. The van der Waals surface area contributed by atoms with E-state index < -0.39 is 3.79 Å². The third-order valence-corrected chi connectivity index (χ3v) is 4.44. The van der Waals surface area contributed by atoms with Crippen molar-refractivity contribution >= 4 is 47.1 Å². The van der Waals surface area contributed by atoms with Crippen LogP contribution < -0.4 is 11.5 Å². The van der Waals surface area contributed by atoms with Crippen molar-refractivity contribution in [2.24, 2.45) is 21.7 Å². The molecule has 140 valence electrons. The summed E-state index contributed by atoms with van der Waals surface area (Å²) in [6, 6.07) is 9.52. The van der Waals surface area contributed by atoms with Gasteiger partial charge in [-0.05, 0) is 24.5 Å². The number of nitrogens with zero attached hydrogens (tertiary/aromatic N) is 3. The Balaban J connectivity index is 2.49. The molecule has 26 heavy (non-hydrogen) atoms. The van der Waals surface area contributed by atoms with Gasteiger partial charge in [0.25, 0.3) is 0 Å². The fourth-order valence-electron chi connectivity index (χ4n) is 2.67. The average Bonchev–Trinajstić information content (AvgIpc) is 2.97. The molecule has 2 rings (SSSR count). The van der Waals surface area contributed by atoms with Gasteiger partial charge in [0.2, 0.25) is 9.75 Å². The molecule has 2 aromatic rings. The third-order valence-electron chi connectivity index (χ3n) is 3.83. The van der Waals surface area contributed by atoms with E-state index >= 15 is 0 Å². The van der Waals surface area contributed by atoms with E-state index in [0.717, 1.165) is 30.5 Å². The van der Waals surface area contributed by atoms with Crippen LogP contribution in [0, 0.1) is 0 Å². The molecule has 0 aliphatic carbocycles. The highest BCUT2D eigenvalue weighted by molar-refractivity contribution is 6.67. The normalized spacial score (nSPS) is 11.8. The molecule has 1 aromatic heterocycles. The van der Waals surface area contributed by atoms with Gasteiger partial charge >= 0.3 is 0 Å². The molecule has 0 saturated carbocycles. The summed E-state index contributed by atoms with van der Waals surface area (Å²) >= 11 is 18.5. The van der Waals surface area contributed by atoms with Crippen molar-refractivity contribution in [1.29, 1.82) is 0 Å². The fraction of sp³-hybridized carbons (Fsp3) is 0.333. The lowest BCUT2D eigenvalue weighted by Crippen LogP contribution is -2.21. The van der Waals surface area contributed by atoms with Gasteiger partial charge in [-0.3, -0.25) is 0 Å². The van der Waals surface area contributed by atoms with Crippen LogP contribution in [0.5, 0.6) is 0 Å². The Hall–Kier alpha value is -1.69. The average molecular weight is 415 g/mol. The van der Waals surface area contributed by atoms with Gasteiger partial charge < -0.3 is 16.0 Å². The molecular formula is C18H22Cl3N5. The van der Waals surface area contributed by atoms with Crippen molar-refractivity contribution in [3.8, 4) is 11.3 Å². The first-order valence-corrected chi connectivity index (χ1v) is 9.45. The van der Waals surface area contributed by atoms with E-state index in [0.29, 0.717) is 5.56 Å². The fourth-order valence-corrected chi connectivity index (χ4v) is 3.16. The molecule has 0 radical (unpaired) electrons. The van der Waals surface area contributed by atoms with Gasteiger partial charge in [0, 0.05) is 17.3 Å². The lowest BCUT2D eigenvalue weighted by Gasteiger charge is -2.16. The number of hydrogen-bond donors (Lipinski definition) is 2. The quantitative estimate of drug-likeness (QED) is 0.225. The number of rotatable bonds is 7. The predicted molar refractivity (Wildman–Crippen MR) is 112 cm³/mol. The van der Waals surface area contributed by atoms with E-state index in [4.69, 9.17) is 46.3 Å². The highest BCUT2D eigenvalue weighted by Gasteiger charge is 2.27. The van der Waals surface area contributed by atoms with Crippen LogP contribution in [0.25, 0.3) is 11.3 Å². The largest absolute Gasteiger partial charge is 0.369 e. The Morgan fingerprint density at radius 3 is 2.58 bits per heavy atom. The zero-order chi connectivity index (χ0) is 19.2. The molecule has 0 bridgehead atoms. The van der Waals surface area contributed by atoms with Crippen LogP contribution >= 0.6 is 34.8 Å². The second-order valence-electron chi connectivity index (χ2n) is 5.90. The summed E-state index contributed by atoms with van der Waals surface area (Å²) in [4.78, 5) is 0. The van der Waals surface area contributed by atoms with E-state index in [1.165, 1.54) is 18.3 Å². The number of aryl methyl sites for hydroxylation is 1. The number of benzene rings is 1. The Morgan fingerprint density at radius 2 is 1.92 bits per heavy atom. The van der Waals surface area contributed by atoms with Crippen molar-refractivity contribution in [2.45, 2.75) is 36.4 Å². The minimum absolute atomic E-state index is 0.111. The van der Waals surface area contributed by atoms with Gasteiger partial charge in [0.05, 0.1) is 5.69 Å². The minimum atomic E-state index is -1.54.